The van der Waals surface area contributed by atoms with Crippen molar-refractivity contribution in [3.8, 4) is 0 Å². The maximum Gasteiger partial charge on any atom is 0.508 e. The van der Waals surface area contributed by atoms with Crippen LogP contribution in [0.25, 0.3) is 0 Å². The van der Waals surface area contributed by atoms with Crippen LogP contribution in [0.4, 0.5) is 4.79 Å². The third kappa shape index (κ3) is 3.96. The average Bonchev–Trinajstić information content (AvgIpc) is 2.84. The molecule has 1 aliphatic heterocycles. The normalized spacial score (nSPS) is 19.9. The number of hydrogen-bond donors (Lipinski definition) is 0. The molecule has 1 aromatic rings. The summed E-state index contributed by atoms with van der Waals surface area (Å²) in [7, 11) is 0. The Balaban J connectivity index is 1.75. The summed E-state index contributed by atoms with van der Waals surface area (Å²) in [6.45, 7) is 5.59. The highest BCUT2D eigenvalue weighted by Gasteiger charge is 2.24. The number of carbonyl (C=O) groups excluding carboxylic acids is 1. The topological polar surface area (TPSA) is 44.8 Å². The van der Waals surface area contributed by atoms with Crippen LogP contribution in [0.5, 0.6) is 0 Å². The van der Waals surface area contributed by atoms with Crippen molar-refractivity contribution in [1.29, 1.82) is 0 Å². The van der Waals surface area contributed by atoms with E-state index in [1.54, 1.807) is 0 Å². The molecule has 1 saturated heterocycles. The van der Waals surface area contributed by atoms with Gasteiger partial charge in [-0.25, -0.2) is 4.79 Å². The number of carbonyl (C=O) groups is 1. The molecular formula is C15H20O4. The van der Waals surface area contributed by atoms with Crippen LogP contribution < -0.4 is 0 Å². The largest absolute Gasteiger partial charge is 0.508 e. The highest BCUT2D eigenvalue weighted by Crippen LogP contribution is 2.19. The molecule has 0 aromatic heterocycles. The van der Waals surface area contributed by atoms with Gasteiger partial charge in [0.25, 0.3) is 0 Å². The molecule has 4 heteroatoms. The zero-order valence-electron chi connectivity index (χ0n) is 11.4. The van der Waals surface area contributed by atoms with Gasteiger partial charge in [-0.15, -0.1) is 0 Å². The molecule has 0 bridgehead atoms. The standard InChI is InChI=1S/C15H20O4/c1-3-11(2)13-6-4-12(5-7-13)8-17-9-14-10-18-15(16)19-14/h4-7,11,14H,3,8-10H2,1-2H3. The van der Waals surface area contributed by atoms with Gasteiger partial charge in [-0.3, -0.25) is 0 Å². The van der Waals surface area contributed by atoms with E-state index in [0.29, 0.717) is 19.1 Å². The van der Waals surface area contributed by atoms with Gasteiger partial charge >= 0.3 is 6.16 Å². The molecule has 0 aliphatic carbocycles. The first-order valence-electron chi connectivity index (χ1n) is 6.69. The zero-order chi connectivity index (χ0) is 13.7. The van der Waals surface area contributed by atoms with E-state index >= 15 is 0 Å². The molecule has 2 atom stereocenters. The molecule has 0 spiro atoms. The highest BCUT2D eigenvalue weighted by atomic mass is 16.8. The minimum absolute atomic E-state index is 0.271. The van der Waals surface area contributed by atoms with Gasteiger partial charge < -0.3 is 14.2 Å². The molecule has 0 radical (unpaired) electrons. The van der Waals surface area contributed by atoms with Crippen molar-refractivity contribution in [2.24, 2.45) is 0 Å². The Bertz CT molecular complexity index is 413. The van der Waals surface area contributed by atoms with E-state index in [-0.39, 0.29) is 12.7 Å². The summed E-state index contributed by atoms with van der Waals surface area (Å²) < 4.78 is 15.1. The van der Waals surface area contributed by atoms with E-state index in [4.69, 9.17) is 9.47 Å². The number of ether oxygens (including phenoxy) is 3. The lowest BCUT2D eigenvalue weighted by Crippen LogP contribution is -2.17. The Kier molecular flexibility index (Phi) is 4.80. The molecule has 2 unspecified atom stereocenters. The van der Waals surface area contributed by atoms with Crippen LogP contribution in [0.3, 0.4) is 0 Å². The summed E-state index contributed by atoms with van der Waals surface area (Å²) in [5, 5.41) is 0. The summed E-state index contributed by atoms with van der Waals surface area (Å²) in [4.78, 5) is 10.7. The Hall–Kier alpha value is -1.55. The number of hydrogen-bond acceptors (Lipinski definition) is 4. The molecule has 0 saturated carbocycles. The van der Waals surface area contributed by atoms with Crippen molar-refractivity contribution in [2.45, 2.75) is 38.9 Å². The van der Waals surface area contributed by atoms with Gasteiger partial charge in [-0.2, -0.15) is 0 Å². The van der Waals surface area contributed by atoms with Gasteiger partial charge in [0.2, 0.25) is 0 Å². The Labute approximate surface area is 113 Å². The molecule has 1 aromatic carbocycles. The zero-order valence-corrected chi connectivity index (χ0v) is 11.4. The first kappa shape index (κ1) is 13.9. The van der Waals surface area contributed by atoms with Crippen molar-refractivity contribution in [2.75, 3.05) is 13.2 Å². The first-order chi connectivity index (χ1) is 9.19. The minimum atomic E-state index is -0.605. The van der Waals surface area contributed by atoms with E-state index in [9.17, 15) is 4.79 Å². The van der Waals surface area contributed by atoms with Crippen molar-refractivity contribution in [3.05, 3.63) is 35.4 Å². The van der Waals surface area contributed by atoms with E-state index in [1.807, 2.05) is 0 Å². The minimum Gasteiger partial charge on any atom is -0.430 e. The van der Waals surface area contributed by atoms with Crippen molar-refractivity contribution >= 4 is 6.16 Å². The van der Waals surface area contributed by atoms with Crippen LogP contribution in [0.2, 0.25) is 0 Å². The van der Waals surface area contributed by atoms with Gasteiger partial charge in [0.05, 0.1) is 13.2 Å². The second-order valence-electron chi connectivity index (χ2n) is 4.87. The van der Waals surface area contributed by atoms with Gasteiger partial charge in [0.1, 0.15) is 6.61 Å². The van der Waals surface area contributed by atoms with Gasteiger partial charge in [-0.05, 0) is 23.5 Å². The molecule has 1 aliphatic rings. The average molecular weight is 264 g/mol. The molecule has 2 rings (SSSR count). The lowest BCUT2D eigenvalue weighted by molar-refractivity contribution is 0.0381. The predicted octanol–water partition coefficient (Wildman–Crippen LogP) is 3.25. The van der Waals surface area contributed by atoms with Crippen molar-refractivity contribution < 1.29 is 19.0 Å². The number of benzene rings is 1. The van der Waals surface area contributed by atoms with Crippen LogP contribution in [0, 0.1) is 0 Å². The van der Waals surface area contributed by atoms with E-state index in [2.05, 4.69) is 42.8 Å². The fraction of sp³-hybridized carbons (Fsp3) is 0.533. The second kappa shape index (κ2) is 6.57. The van der Waals surface area contributed by atoms with Crippen LogP contribution >= 0.6 is 0 Å². The Morgan fingerprint density at radius 3 is 2.68 bits per heavy atom. The quantitative estimate of drug-likeness (QED) is 0.740. The van der Waals surface area contributed by atoms with E-state index < -0.39 is 6.16 Å². The van der Waals surface area contributed by atoms with E-state index in [1.165, 1.54) is 5.56 Å². The maximum absolute atomic E-state index is 10.7. The second-order valence-corrected chi connectivity index (χ2v) is 4.87. The predicted molar refractivity (Wildman–Crippen MR) is 71.0 cm³/mol. The molecular weight excluding hydrogens is 244 g/mol. The van der Waals surface area contributed by atoms with Gasteiger partial charge in [0.15, 0.2) is 6.10 Å². The monoisotopic (exact) mass is 264 g/mol. The maximum atomic E-state index is 10.7. The Morgan fingerprint density at radius 2 is 2.11 bits per heavy atom. The fourth-order valence-corrected chi connectivity index (χ4v) is 1.93. The van der Waals surface area contributed by atoms with Crippen molar-refractivity contribution in [1.82, 2.24) is 0 Å². The number of rotatable bonds is 6. The first-order valence-corrected chi connectivity index (χ1v) is 6.69. The highest BCUT2D eigenvalue weighted by molar-refractivity contribution is 5.61. The summed E-state index contributed by atoms with van der Waals surface area (Å²) in [5.41, 5.74) is 2.47. The molecule has 104 valence electrons. The third-order valence-corrected chi connectivity index (χ3v) is 3.38. The van der Waals surface area contributed by atoms with Gasteiger partial charge in [0, 0.05) is 0 Å². The molecule has 19 heavy (non-hydrogen) atoms. The van der Waals surface area contributed by atoms with Crippen LogP contribution in [-0.2, 0) is 20.8 Å². The van der Waals surface area contributed by atoms with Crippen LogP contribution in [-0.4, -0.2) is 25.5 Å². The fourth-order valence-electron chi connectivity index (χ4n) is 1.93. The SMILES string of the molecule is CCC(C)c1ccc(COCC2COC(=O)O2)cc1. The Morgan fingerprint density at radius 1 is 1.37 bits per heavy atom. The van der Waals surface area contributed by atoms with E-state index in [0.717, 1.165) is 12.0 Å². The van der Waals surface area contributed by atoms with Crippen LogP contribution in [0.15, 0.2) is 24.3 Å². The van der Waals surface area contributed by atoms with Crippen LogP contribution in [0.1, 0.15) is 37.3 Å². The summed E-state index contributed by atoms with van der Waals surface area (Å²) in [6.07, 6.45) is 0.265. The van der Waals surface area contributed by atoms with Crippen molar-refractivity contribution in [3.63, 3.8) is 0 Å². The molecule has 1 fully saturated rings. The molecule has 0 N–H and O–H groups in total. The number of cyclic esters (lactones) is 2. The summed E-state index contributed by atoms with van der Waals surface area (Å²) >= 11 is 0. The summed E-state index contributed by atoms with van der Waals surface area (Å²) in [5.74, 6) is 0.588. The smallest absolute Gasteiger partial charge is 0.430 e. The molecule has 0 amide bonds. The summed E-state index contributed by atoms with van der Waals surface area (Å²) in [6, 6.07) is 8.45. The lowest BCUT2D eigenvalue weighted by Gasteiger charge is -2.11. The molecule has 4 nitrogen and oxygen atoms in total. The lowest BCUT2D eigenvalue weighted by atomic mass is 9.98. The third-order valence-electron chi connectivity index (χ3n) is 3.38. The van der Waals surface area contributed by atoms with Gasteiger partial charge in [-0.1, -0.05) is 38.1 Å². The molecule has 1 heterocycles.